The molecule has 0 aliphatic heterocycles. The first-order valence-electron chi connectivity index (χ1n) is 5.71. The van der Waals surface area contributed by atoms with Crippen LogP contribution in [0, 0.1) is 0 Å². The normalized spacial score (nSPS) is 13.3. The smallest absolute Gasteiger partial charge is 0.329 e. The Hall–Kier alpha value is -1.33. The first-order valence-corrected chi connectivity index (χ1v) is 5.71. The maximum absolute atomic E-state index is 12.8. The van der Waals surface area contributed by atoms with Gasteiger partial charge in [0.05, 0.1) is 5.56 Å². The van der Waals surface area contributed by atoms with Crippen LogP contribution in [0.5, 0.6) is 0 Å². The largest absolute Gasteiger partial charge is 0.416 e. The second-order valence-corrected chi connectivity index (χ2v) is 3.90. The van der Waals surface area contributed by atoms with E-state index in [1.54, 1.807) is 12.1 Å². The minimum absolute atomic E-state index is 0.115. The molecule has 100 valence electrons. The number of alkyl halides is 3. The highest BCUT2D eigenvalue weighted by Crippen LogP contribution is 2.34. The van der Waals surface area contributed by atoms with Crippen LogP contribution in [0.1, 0.15) is 23.6 Å². The van der Waals surface area contributed by atoms with Gasteiger partial charge >= 0.3 is 6.18 Å². The highest BCUT2D eigenvalue weighted by atomic mass is 19.4. The lowest BCUT2D eigenvalue weighted by atomic mass is 9.99. The molecule has 1 atom stereocenters. The van der Waals surface area contributed by atoms with Crippen LogP contribution in [0.2, 0.25) is 0 Å². The molecule has 3 N–H and O–H groups in total. The maximum Gasteiger partial charge on any atom is 0.416 e. The highest BCUT2D eigenvalue weighted by Gasteiger charge is 2.34. The van der Waals surface area contributed by atoms with Crippen LogP contribution in [-0.4, -0.2) is 13.1 Å². The summed E-state index contributed by atoms with van der Waals surface area (Å²) in [5.74, 6) is 0. The third kappa shape index (κ3) is 3.85. The number of nitrogens with one attached hydrogen (secondary N) is 1. The molecule has 1 rings (SSSR count). The van der Waals surface area contributed by atoms with Gasteiger partial charge in [-0.05, 0) is 24.6 Å². The number of rotatable bonds is 6. The van der Waals surface area contributed by atoms with Crippen LogP contribution in [0.3, 0.4) is 0 Å². The second-order valence-electron chi connectivity index (χ2n) is 3.90. The Labute approximate surface area is 105 Å². The van der Waals surface area contributed by atoms with Crippen molar-refractivity contribution in [3.63, 3.8) is 0 Å². The molecule has 0 heterocycles. The Kier molecular flexibility index (Phi) is 5.37. The van der Waals surface area contributed by atoms with Gasteiger partial charge in [-0.25, -0.2) is 0 Å². The molecule has 5 heteroatoms. The molecule has 0 aliphatic rings. The van der Waals surface area contributed by atoms with Gasteiger partial charge in [0.1, 0.15) is 0 Å². The number of hydrogen-bond donors (Lipinski definition) is 2. The average molecular weight is 258 g/mol. The summed E-state index contributed by atoms with van der Waals surface area (Å²) in [5.41, 5.74) is 5.10. The summed E-state index contributed by atoms with van der Waals surface area (Å²) in [5, 5.41) is 3.00. The predicted octanol–water partition coefficient (Wildman–Crippen LogP) is 2.87. The Morgan fingerprint density at radius 1 is 1.33 bits per heavy atom. The Morgan fingerprint density at radius 2 is 2.00 bits per heavy atom. The number of nitrogens with two attached hydrogens (primary N) is 1. The number of benzene rings is 1. The summed E-state index contributed by atoms with van der Waals surface area (Å²) in [4.78, 5) is 0. The van der Waals surface area contributed by atoms with Gasteiger partial charge in [0, 0.05) is 12.6 Å². The molecule has 1 aromatic carbocycles. The number of halogens is 3. The van der Waals surface area contributed by atoms with Crippen molar-refractivity contribution in [2.75, 3.05) is 13.1 Å². The van der Waals surface area contributed by atoms with Crippen LogP contribution in [0.25, 0.3) is 0 Å². The zero-order valence-corrected chi connectivity index (χ0v) is 10.0. The van der Waals surface area contributed by atoms with Crippen molar-refractivity contribution < 1.29 is 13.2 Å². The predicted molar refractivity (Wildman–Crippen MR) is 66.1 cm³/mol. The summed E-state index contributed by atoms with van der Waals surface area (Å²) in [6.45, 7) is 4.23. The summed E-state index contributed by atoms with van der Waals surface area (Å²) in [6.07, 6.45) is -1.97. The Bertz CT molecular complexity index is 388. The fourth-order valence-corrected chi connectivity index (χ4v) is 1.74. The van der Waals surface area contributed by atoms with Gasteiger partial charge in [-0.2, -0.15) is 13.2 Å². The molecule has 0 fully saturated rings. The summed E-state index contributed by atoms with van der Waals surface area (Å²) in [6, 6.07) is 5.00. The molecular weight excluding hydrogens is 241 g/mol. The van der Waals surface area contributed by atoms with Crippen LogP contribution in [-0.2, 0) is 6.18 Å². The molecule has 0 radical (unpaired) electrons. The molecule has 1 aromatic rings. The summed E-state index contributed by atoms with van der Waals surface area (Å²) in [7, 11) is 0. The fourth-order valence-electron chi connectivity index (χ4n) is 1.74. The van der Waals surface area contributed by atoms with Crippen LogP contribution in [0.4, 0.5) is 13.2 Å². The fraction of sp³-hybridized carbons (Fsp3) is 0.385. The topological polar surface area (TPSA) is 38.0 Å². The van der Waals surface area contributed by atoms with E-state index in [0.29, 0.717) is 13.0 Å². The zero-order chi connectivity index (χ0) is 13.6. The van der Waals surface area contributed by atoms with E-state index in [1.807, 2.05) is 0 Å². The molecule has 1 unspecified atom stereocenters. The lowest BCUT2D eigenvalue weighted by Gasteiger charge is -2.21. The van der Waals surface area contributed by atoms with Crippen LogP contribution in [0.15, 0.2) is 36.9 Å². The van der Waals surface area contributed by atoms with E-state index in [4.69, 9.17) is 5.73 Å². The first kappa shape index (κ1) is 14.7. The summed E-state index contributed by atoms with van der Waals surface area (Å²) >= 11 is 0. The molecule has 0 aromatic heterocycles. The molecule has 0 amide bonds. The minimum Gasteiger partial charge on any atom is -0.329 e. The third-order valence-electron chi connectivity index (χ3n) is 2.62. The van der Waals surface area contributed by atoms with E-state index in [-0.39, 0.29) is 12.1 Å². The van der Waals surface area contributed by atoms with E-state index in [2.05, 4.69) is 11.9 Å². The van der Waals surface area contributed by atoms with Crippen LogP contribution >= 0.6 is 0 Å². The van der Waals surface area contributed by atoms with Crippen molar-refractivity contribution in [2.45, 2.75) is 18.6 Å². The maximum atomic E-state index is 12.8. The van der Waals surface area contributed by atoms with E-state index >= 15 is 0 Å². The Morgan fingerprint density at radius 3 is 2.56 bits per heavy atom. The summed E-state index contributed by atoms with van der Waals surface area (Å²) < 4.78 is 38.5. The Balaban J connectivity index is 2.94. The van der Waals surface area contributed by atoms with E-state index in [9.17, 15) is 13.2 Å². The number of hydrogen-bond acceptors (Lipinski definition) is 2. The SMILES string of the molecule is C=CCCNC(CN)c1ccccc1C(F)(F)F. The third-order valence-corrected chi connectivity index (χ3v) is 2.62. The van der Waals surface area contributed by atoms with Crippen molar-refractivity contribution in [1.82, 2.24) is 5.32 Å². The molecule has 0 aliphatic carbocycles. The van der Waals surface area contributed by atoms with Gasteiger partial charge in [-0.15, -0.1) is 6.58 Å². The molecule has 0 saturated heterocycles. The monoisotopic (exact) mass is 258 g/mol. The van der Waals surface area contributed by atoms with Gasteiger partial charge in [0.15, 0.2) is 0 Å². The quantitative estimate of drug-likeness (QED) is 0.608. The lowest BCUT2D eigenvalue weighted by Crippen LogP contribution is -2.30. The van der Waals surface area contributed by atoms with E-state index in [1.165, 1.54) is 12.1 Å². The standard InChI is InChI=1S/C13H17F3N2/c1-2-3-8-18-12(9-17)10-6-4-5-7-11(10)13(14,15)16/h2,4-7,12,18H,1,3,8-9,17H2. The molecule has 0 saturated carbocycles. The lowest BCUT2D eigenvalue weighted by molar-refractivity contribution is -0.138. The molecule has 18 heavy (non-hydrogen) atoms. The van der Waals surface area contributed by atoms with Gasteiger partial charge in [0.25, 0.3) is 0 Å². The zero-order valence-electron chi connectivity index (χ0n) is 10.0. The van der Waals surface area contributed by atoms with Crippen molar-refractivity contribution in [3.05, 3.63) is 48.0 Å². The highest BCUT2D eigenvalue weighted by molar-refractivity contribution is 5.32. The van der Waals surface area contributed by atoms with Crippen molar-refractivity contribution in [3.8, 4) is 0 Å². The molecule has 2 nitrogen and oxygen atoms in total. The average Bonchev–Trinajstić information content (AvgIpc) is 2.34. The van der Waals surface area contributed by atoms with E-state index < -0.39 is 17.8 Å². The van der Waals surface area contributed by atoms with Gasteiger partial charge in [0.2, 0.25) is 0 Å². The molecular formula is C13H17F3N2. The van der Waals surface area contributed by atoms with Crippen molar-refractivity contribution in [2.24, 2.45) is 5.73 Å². The first-order chi connectivity index (χ1) is 8.50. The molecule has 0 bridgehead atoms. The van der Waals surface area contributed by atoms with Crippen LogP contribution < -0.4 is 11.1 Å². The van der Waals surface area contributed by atoms with Gasteiger partial charge in [-0.3, -0.25) is 0 Å². The van der Waals surface area contributed by atoms with Crippen molar-refractivity contribution in [1.29, 1.82) is 0 Å². The van der Waals surface area contributed by atoms with Gasteiger partial charge < -0.3 is 11.1 Å². The van der Waals surface area contributed by atoms with Crippen molar-refractivity contribution >= 4 is 0 Å². The minimum atomic E-state index is -4.36. The second kappa shape index (κ2) is 6.56. The molecule has 0 spiro atoms. The van der Waals surface area contributed by atoms with Gasteiger partial charge in [-0.1, -0.05) is 24.3 Å². The van der Waals surface area contributed by atoms with E-state index in [0.717, 1.165) is 6.07 Å².